The lowest BCUT2D eigenvalue weighted by Gasteiger charge is -2.24. The van der Waals surface area contributed by atoms with Crippen LogP contribution in [0.2, 0.25) is 0 Å². The minimum absolute atomic E-state index is 0.0994. The van der Waals surface area contributed by atoms with Crippen molar-refractivity contribution >= 4 is 5.69 Å². The normalized spacial score (nSPS) is 13.0. The zero-order chi connectivity index (χ0) is 23.7. The van der Waals surface area contributed by atoms with Crippen molar-refractivity contribution in [2.45, 2.75) is 47.2 Å². The molecule has 0 saturated heterocycles. The van der Waals surface area contributed by atoms with Gasteiger partial charge in [0.25, 0.3) is 0 Å². The minimum Gasteiger partial charge on any atom is -0.493 e. The van der Waals surface area contributed by atoms with Crippen LogP contribution in [0, 0.1) is 20.8 Å². The Morgan fingerprint density at radius 2 is 1.79 bits per heavy atom. The molecule has 0 fully saturated rings. The fraction of sp³-hybridized carbons (Fsp3) is 0.385. The first-order valence-electron chi connectivity index (χ1n) is 11.4. The largest absolute Gasteiger partial charge is 0.493 e. The van der Waals surface area contributed by atoms with Crippen LogP contribution in [0.1, 0.15) is 29.2 Å². The summed E-state index contributed by atoms with van der Waals surface area (Å²) in [5, 5.41) is 0. The van der Waals surface area contributed by atoms with Crippen LogP contribution in [0.4, 0.5) is 5.69 Å². The van der Waals surface area contributed by atoms with Crippen molar-refractivity contribution in [2.75, 3.05) is 20.3 Å². The van der Waals surface area contributed by atoms with Crippen molar-refractivity contribution in [1.82, 2.24) is 9.13 Å². The zero-order valence-corrected chi connectivity index (χ0v) is 20.1. The van der Waals surface area contributed by atoms with E-state index in [4.69, 9.17) is 20.2 Å². The van der Waals surface area contributed by atoms with Gasteiger partial charge < -0.3 is 15.2 Å². The first-order valence-corrected chi connectivity index (χ1v) is 11.4. The maximum atomic E-state index is 13.5. The Balaban J connectivity index is 2.00. The van der Waals surface area contributed by atoms with E-state index in [9.17, 15) is 4.79 Å². The molecule has 0 bridgehead atoms. The van der Waals surface area contributed by atoms with Crippen molar-refractivity contribution < 1.29 is 9.47 Å². The third-order valence-electron chi connectivity index (χ3n) is 6.08. The highest BCUT2D eigenvalue weighted by Crippen LogP contribution is 2.37. The molecule has 33 heavy (non-hydrogen) atoms. The average molecular weight is 449 g/mol. The van der Waals surface area contributed by atoms with E-state index in [2.05, 4.69) is 19.1 Å². The summed E-state index contributed by atoms with van der Waals surface area (Å²) in [6.45, 7) is 10.0. The van der Waals surface area contributed by atoms with E-state index in [0.717, 1.165) is 45.8 Å². The van der Waals surface area contributed by atoms with Crippen LogP contribution >= 0.6 is 0 Å². The number of hydrogen-bond donors (Lipinski definition) is 1. The van der Waals surface area contributed by atoms with E-state index in [-0.39, 0.29) is 5.69 Å². The molecule has 1 aliphatic rings. The molecule has 0 saturated carbocycles. The van der Waals surface area contributed by atoms with Crippen molar-refractivity contribution in [3.8, 4) is 22.8 Å². The summed E-state index contributed by atoms with van der Waals surface area (Å²) in [6.07, 6.45) is 0.738. The lowest BCUT2D eigenvalue weighted by Crippen LogP contribution is -2.43. The Hall–Kier alpha value is -3.32. The van der Waals surface area contributed by atoms with E-state index >= 15 is 0 Å². The van der Waals surface area contributed by atoms with Gasteiger partial charge in [0.05, 0.1) is 25.1 Å². The quantitative estimate of drug-likeness (QED) is 0.627. The van der Waals surface area contributed by atoms with E-state index in [1.807, 2.05) is 43.5 Å². The molecular weight excluding hydrogens is 416 g/mol. The highest BCUT2D eigenvalue weighted by molar-refractivity contribution is 5.70. The van der Waals surface area contributed by atoms with Gasteiger partial charge in [-0.25, -0.2) is 9.79 Å². The molecule has 2 heterocycles. The molecule has 174 valence electrons. The molecule has 0 aliphatic carbocycles. The zero-order valence-electron chi connectivity index (χ0n) is 20.1. The molecule has 1 aliphatic heterocycles. The molecule has 0 unspecified atom stereocenters. The Labute approximate surface area is 194 Å². The summed E-state index contributed by atoms with van der Waals surface area (Å²) < 4.78 is 14.8. The SMILES string of the molecule is CCOc1cc2c(cc1OC)-c1c/c(=N\c3c(C)cc(C)cc3C)n(CCN)c(=O)n1CC2. The van der Waals surface area contributed by atoms with Gasteiger partial charge in [0, 0.05) is 31.3 Å². The van der Waals surface area contributed by atoms with Crippen molar-refractivity contribution in [3.05, 3.63) is 68.6 Å². The van der Waals surface area contributed by atoms with Gasteiger partial charge in [-0.1, -0.05) is 17.7 Å². The summed E-state index contributed by atoms with van der Waals surface area (Å²) >= 11 is 0. The average Bonchev–Trinajstić information content (AvgIpc) is 2.78. The van der Waals surface area contributed by atoms with Crippen LogP contribution in [0.25, 0.3) is 11.3 Å². The monoisotopic (exact) mass is 448 g/mol. The third-order valence-corrected chi connectivity index (χ3v) is 6.08. The van der Waals surface area contributed by atoms with E-state index < -0.39 is 0 Å². The fourth-order valence-corrected chi connectivity index (χ4v) is 4.67. The van der Waals surface area contributed by atoms with Crippen LogP contribution in [0.15, 0.2) is 40.1 Å². The topological polar surface area (TPSA) is 83.8 Å². The molecule has 7 heteroatoms. The predicted octanol–water partition coefficient (Wildman–Crippen LogP) is 3.40. The number of aryl methyl sites for hydroxylation is 4. The number of benzene rings is 2. The fourth-order valence-electron chi connectivity index (χ4n) is 4.67. The lowest BCUT2D eigenvalue weighted by molar-refractivity contribution is 0.310. The molecule has 4 rings (SSSR count). The summed E-state index contributed by atoms with van der Waals surface area (Å²) in [4.78, 5) is 18.5. The van der Waals surface area contributed by atoms with Crippen LogP contribution < -0.4 is 26.4 Å². The first kappa shape index (κ1) is 22.9. The molecular formula is C26H32N4O3. The van der Waals surface area contributed by atoms with Gasteiger partial charge in [-0.2, -0.15) is 0 Å². The number of methoxy groups -OCH3 is 1. The Bertz CT molecular complexity index is 1310. The predicted molar refractivity (Wildman–Crippen MR) is 130 cm³/mol. The third kappa shape index (κ3) is 4.20. The summed E-state index contributed by atoms with van der Waals surface area (Å²) in [6, 6.07) is 10.2. The van der Waals surface area contributed by atoms with E-state index in [1.165, 1.54) is 5.56 Å². The maximum Gasteiger partial charge on any atom is 0.330 e. The lowest BCUT2D eigenvalue weighted by atomic mass is 9.97. The van der Waals surface area contributed by atoms with Crippen molar-refractivity contribution in [1.29, 1.82) is 0 Å². The summed E-state index contributed by atoms with van der Waals surface area (Å²) in [5.41, 5.74) is 13.5. The van der Waals surface area contributed by atoms with E-state index in [0.29, 0.717) is 37.5 Å². The number of nitrogens with zero attached hydrogens (tertiary/aromatic N) is 3. The van der Waals surface area contributed by atoms with Crippen molar-refractivity contribution in [3.63, 3.8) is 0 Å². The first-order chi connectivity index (χ1) is 15.9. The van der Waals surface area contributed by atoms with Gasteiger partial charge in [0.15, 0.2) is 11.5 Å². The summed E-state index contributed by atoms with van der Waals surface area (Å²) in [7, 11) is 1.63. The van der Waals surface area contributed by atoms with E-state index in [1.54, 1.807) is 11.7 Å². The Kier molecular flexibility index (Phi) is 6.42. The smallest absolute Gasteiger partial charge is 0.330 e. The molecule has 0 spiro atoms. The van der Waals surface area contributed by atoms with Gasteiger partial charge in [0.2, 0.25) is 0 Å². The van der Waals surface area contributed by atoms with Crippen LogP contribution in [-0.2, 0) is 19.5 Å². The number of rotatable bonds is 6. The van der Waals surface area contributed by atoms with Gasteiger partial charge in [-0.15, -0.1) is 0 Å². The van der Waals surface area contributed by atoms with Crippen LogP contribution in [0.3, 0.4) is 0 Å². The second-order valence-electron chi connectivity index (χ2n) is 8.46. The van der Waals surface area contributed by atoms with Gasteiger partial charge in [0.1, 0.15) is 5.49 Å². The highest BCUT2D eigenvalue weighted by Gasteiger charge is 2.22. The number of ether oxygens (including phenoxy) is 2. The second-order valence-corrected chi connectivity index (χ2v) is 8.46. The number of fused-ring (bicyclic) bond motifs is 3. The molecule has 0 radical (unpaired) electrons. The standard InChI is InChI=1S/C26H32N4O3/c1-6-33-23-13-19-7-9-29-21(20(19)14-22(23)32-5)15-24(30(10-8-27)26(29)31)28-25-17(3)11-16(2)12-18(25)4/h11-15H,6-10,27H2,1-5H3/b28-24+. The Morgan fingerprint density at radius 3 is 2.42 bits per heavy atom. The minimum atomic E-state index is -0.0994. The second kappa shape index (κ2) is 9.27. The van der Waals surface area contributed by atoms with Crippen molar-refractivity contribution in [2.24, 2.45) is 10.7 Å². The molecule has 0 atom stereocenters. The maximum absolute atomic E-state index is 13.5. The molecule has 3 aromatic rings. The van der Waals surface area contributed by atoms with Crippen LogP contribution in [-0.4, -0.2) is 29.4 Å². The molecule has 1 aromatic heterocycles. The number of nitrogens with two attached hydrogens (primary N) is 1. The molecule has 0 amide bonds. The summed E-state index contributed by atoms with van der Waals surface area (Å²) in [5.74, 6) is 1.37. The van der Waals surface area contributed by atoms with Gasteiger partial charge >= 0.3 is 5.69 Å². The number of aromatic nitrogens is 2. The number of hydrogen-bond acceptors (Lipinski definition) is 5. The Morgan fingerprint density at radius 1 is 1.06 bits per heavy atom. The molecule has 2 N–H and O–H groups in total. The van der Waals surface area contributed by atoms with Gasteiger partial charge in [-0.05, 0) is 62.9 Å². The molecule has 2 aromatic carbocycles. The van der Waals surface area contributed by atoms with Gasteiger partial charge in [-0.3, -0.25) is 9.13 Å². The molecule has 7 nitrogen and oxygen atoms in total. The highest BCUT2D eigenvalue weighted by atomic mass is 16.5. The van der Waals surface area contributed by atoms with Crippen LogP contribution in [0.5, 0.6) is 11.5 Å².